The van der Waals surface area contributed by atoms with Crippen LogP contribution in [0.15, 0.2) is 54.9 Å². The first-order valence-electron chi connectivity index (χ1n) is 7.25. The minimum absolute atomic E-state index is 0.439. The highest BCUT2D eigenvalue weighted by Gasteiger charge is 2.27. The van der Waals surface area contributed by atoms with Gasteiger partial charge in [-0.3, -0.25) is 4.98 Å². The van der Waals surface area contributed by atoms with Gasteiger partial charge in [0.2, 0.25) is 0 Å². The Balaban J connectivity index is 1.97. The molecule has 0 bridgehead atoms. The summed E-state index contributed by atoms with van der Waals surface area (Å²) in [6.07, 6.45) is 4.78. The Morgan fingerprint density at radius 2 is 1.90 bits per heavy atom. The van der Waals surface area contributed by atoms with Gasteiger partial charge in [0.1, 0.15) is 0 Å². The predicted octanol–water partition coefficient (Wildman–Crippen LogP) is 3.90. The molecule has 0 fully saturated rings. The van der Waals surface area contributed by atoms with E-state index in [2.05, 4.69) is 47.1 Å². The molecule has 1 aromatic heterocycles. The fraction of sp³-hybridized carbons (Fsp3) is 0.167. The van der Waals surface area contributed by atoms with Crippen LogP contribution < -0.4 is 10.6 Å². The van der Waals surface area contributed by atoms with Gasteiger partial charge in [0.05, 0.1) is 5.69 Å². The summed E-state index contributed by atoms with van der Waals surface area (Å²) in [7, 11) is 0. The molecule has 1 atom stereocenters. The van der Waals surface area contributed by atoms with Crippen LogP contribution in [0.2, 0.25) is 0 Å². The molecule has 1 aliphatic heterocycles. The largest absolute Gasteiger partial charge is 0.398 e. The minimum atomic E-state index is 0.439. The third-order valence-corrected chi connectivity index (χ3v) is 4.30. The number of fused-ring (bicyclic) bond motifs is 2. The highest BCUT2D eigenvalue weighted by molar-refractivity contribution is 6.02. The highest BCUT2D eigenvalue weighted by Crippen LogP contribution is 2.41. The van der Waals surface area contributed by atoms with Crippen LogP contribution in [0.4, 0.5) is 17.1 Å². The van der Waals surface area contributed by atoms with Gasteiger partial charge in [-0.2, -0.15) is 0 Å². The molecule has 1 aliphatic rings. The Labute approximate surface area is 124 Å². The predicted molar refractivity (Wildman–Crippen MR) is 87.9 cm³/mol. The van der Waals surface area contributed by atoms with Crippen molar-refractivity contribution in [3.63, 3.8) is 0 Å². The van der Waals surface area contributed by atoms with Crippen LogP contribution in [0.1, 0.15) is 12.5 Å². The average Bonchev–Trinajstić information content (AvgIpc) is 2.84. The summed E-state index contributed by atoms with van der Waals surface area (Å²) in [6.45, 7) is 2.26. The standard InChI is InChI=1S/C18H17N3/c1-12-10-13-4-2-3-5-17(13)21(12)18-7-6-16(19)14-8-9-20-11-15(14)18/h2-9,11-12H,10,19H2,1H3. The summed E-state index contributed by atoms with van der Waals surface area (Å²) in [6, 6.07) is 15.1. The molecule has 0 saturated heterocycles. The van der Waals surface area contributed by atoms with E-state index in [-0.39, 0.29) is 0 Å². The molecule has 1 unspecified atom stereocenters. The lowest BCUT2D eigenvalue weighted by Gasteiger charge is -2.26. The number of benzene rings is 2. The molecule has 2 N–H and O–H groups in total. The van der Waals surface area contributed by atoms with Crippen LogP contribution in [0.5, 0.6) is 0 Å². The fourth-order valence-corrected chi connectivity index (χ4v) is 3.34. The molecule has 21 heavy (non-hydrogen) atoms. The van der Waals surface area contributed by atoms with Gasteiger partial charge in [-0.05, 0) is 43.2 Å². The van der Waals surface area contributed by atoms with Gasteiger partial charge in [-0.15, -0.1) is 0 Å². The van der Waals surface area contributed by atoms with E-state index in [1.165, 1.54) is 16.9 Å². The first kappa shape index (κ1) is 12.2. The molecule has 0 spiro atoms. The molecule has 0 amide bonds. The molecule has 104 valence electrons. The van der Waals surface area contributed by atoms with Crippen molar-refractivity contribution in [2.24, 2.45) is 0 Å². The van der Waals surface area contributed by atoms with Crippen LogP contribution in [0.3, 0.4) is 0 Å². The van der Waals surface area contributed by atoms with Gasteiger partial charge in [0.25, 0.3) is 0 Å². The zero-order chi connectivity index (χ0) is 14.4. The van der Waals surface area contributed by atoms with Gasteiger partial charge in [0, 0.05) is 40.6 Å². The number of hydrogen-bond acceptors (Lipinski definition) is 3. The number of para-hydroxylation sites is 1. The van der Waals surface area contributed by atoms with E-state index in [1.54, 1.807) is 6.20 Å². The number of rotatable bonds is 1. The molecule has 3 heteroatoms. The molecule has 2 aromatic carbocycles. The normalized spacial score (nSPS) is 17.2. The van der Waals surface area contributed by atoms with Gasteiger partial charge >= 0.3 is 0 Å². The van der Waals surface area contributed by atoms with Crippen molar-refractivity contribution in [3.05, 3.63) is 60.4 Å². The quantitative estimate of drug-likeness (QED) is 0.685. The van der Waals surface area contributed by atoms with Crippen LogP contribution >= 0.6 is 0 Å². The second kappa shape index (κ2) is 4.48. The van der Waals surface area contributed by atoms with Crippen molar-refractivity contribution < 1.29 is 0 Å². The van der Waals surface area contributed by atoms with Crippen molar-refractivity contribution in [3.8, 4) is 0 Å². The molecule has 0 saturated carbocycles. The molecule has 4 rings (SSSR count). The number of nitrogens with two attached hydrogens (primary N) is 1. The second-order valence-electron chi connectivity index (χ2n) is 5.65. The number of anilines is 3. The summed E-state index contributed by atoms with van der Waals surface area (Å²) < 4.78 is 0. The first-order valence-corrected chi connectivity index (χ1v) is 7.25. The Kier molecular flexibility index (Phi) is 2.61. The third kappa shape index (κ3) is 1.77. The maximum absolute atomic E-state index is 6.11. The lowest BCUT2D eigenvalue weighted by molar-refractivity contribution is 0.761. The SMILES string of the molecule is CC1Cc2ccccc2N1c1ccc(N)c2ccncc12. The zero-order valence-corrected chi connectivity index (χ0v) is 12.0. The van der Waals surface area contributed by atoms with Crippen molar-refractivity contribution in [2.75, 3.05) is 10.6 Å². The van der Waals surface area contributed by atoms with E-state index in [0.717, 1.165) is 22.9 Å². The fourth-order valence-electron chi connectivity index (χ4n) is 3.34. The maximum Gasteiger partial charge on any atom is 0.0510 e. The number of pyridine rings is 1. The maximum atomic E-state index is 6.11. The molecular weight excluding hydrogens is 258 g/mol. The summed E-state index contributed by atoms with van der Waals surface area (Å²) in [5.74, 6) is 0. The Hall–Kier alpha value is -2.55. The third-order valence-electron chi connectivity index (χ3n) is 4.30. The average molecular weight is 275 g/mol. The van der Waals surface area contributed by atoms with E-state index >= 15 is 0 Å². The zero-order valence-electron chi connectivity index (χ0n) is 12.0. The van der Waals surface area contributed by atoms with Crippen LogP contribution in [0.25, 0.3) is 10.8 Å². The van der Waals surface area contributed by atoms with Crippen LogP contribution in [-0.2, 0) is 6.42 Å². The smallest absolute Gasteiger partial charge is 0.0510 e. The number of nitrogen functional groups attached to an aromatic ring is 1. The highest BCUT2D eigenvalue weighted by atomic mass is 15.2. The molecule has 0 aliphatic carbocycles. The minimum Gasteiger partial charge on any atom is -0.398 e. The monoisotopic (exact) mass is 275 g/mol. The van der Waals surface area contributed by atoms with Crippen molar-refractivity contribution in [1.29, 1.82) is 0 Å². The van der Waals surface area contributed by atoms with Crippen molar-refractivity contribution in [2.45, 2.75) is 19.4 Å². The van der Waals surface area contributed by atoms with Gasteiger partial charge in [0.15, 0.2) is 0 Å². The molecular formula is C18H17N3. The lowest BCUT2D eigenvalue weighted by Crippen LogP contribution is -2.24. The molecule has 3 aromatic rings. The van der Waals surface area contributed by atoms with E-state index in [9.17, 15) is 0 Å². The van der Waals surface area contributed by atoms with E-state index in [0.29, 0.717) is 6.04 Å². The van der Waals surface area contributed by atoms with Crippen LogP contribution in [0, 0.1) is 0 Å². The van der Waals surface area contributed by atoms with Crippen LogP contribution in [-0.4, -0.2) is 11.0 Å². The first-order chi connectivity index (χ1) is 10.3. The Morgan fingerprint density at radius 3 is 2.81 bits per heavy atom. The summed E-state index contributed by atoms with van der Waals surface area (Å²) in [5, 5.41) is 2.18. The van der Waals surface area contributed by atoms with Crippen molar-refractivity contribution >= 4 is 27.8 Å². The van der Waals surface area contributed by atoms with Gasteiger partial charge in [-0.1, -0.05) is 18.2 Å². The van der Waals surface area contributed by atoms with E-state index in [1.807, 2.05) is 18.3 Å². The number of hydrogen-bond donors (Lipinski definition) is 1. The van der Waals surface area contributed by atoms with E-state index < -0.39 is 0 Å². The number of nitrogens with zero attached hydrogens (tertiary/aromatic N) is 2. The Morgan fingerprint density at radius 1 is 1.05 bits per heavy atom. The van der Waals surface area contributed by atoms with E-state index in [4.69, 9.17) is 5.73 Å². The molecule has 0 radical (unpaired) electrons. The second-order valence-corrected chi connectivity index (χ2v) is 5.65. The van der Waals surface area contributed by atoms with Crippen molar-refractivity contribution in [1.82, 2.24) is 4.98 Å². The summed E-state index contributed by atoms with van der Waals surface area (Å²) >= 11 is 0. The Bertz CT molecular complexity index is 826. The van der Waals surface area contributed by atoms with Gasteiger partial charge in [-0.25, -0.2) is 0 Å². The lowest BCUT2D eigenvalue weighted by atomic mass is 10.1. The summed E-state index contributed by atoms with van der Waals surface area (Å²) in [4.78, 5) is 6.69. The molecule has 3 nitrogen and oxygen atoms in total. The number of aromatic nitrogens is 1. The molecule has 2 heterocycles. The topological polar surface area (TPSA) is 42.1 Å². The van der Waals surface area contributed by atoms with Gasteiger partial charge < -0.3 is 10.6 Å². The summed E-state index contributed by atoms with van der Waals surface area (Å²) in [5.41, 5.74) is 10.8.